The van der Waals surface area contributed by atoms with E-state index in [1.807, 2.05) is 31.2 Å². The summed E-state index contributed by atoms with van der Waals surface area (Å²) in [5, 5.41) is 13.4. The minimum atomic E-state index is -0.678. The fourth-order valence-electron chi connectivity index (χ4n) is 3.13. The summed E-state index contributed by atoms with van der Waals surface area (Å²) in [4.78, 5) is 17.0. The van der Waals surface area contributed by atoms with Crippen LogP contribution in [0.4, 0.5) is 0 Å². The molecule has 3 rings (SSSR count). The summed E-state index contributed by atoms with van der Waals surface area (Å²) in [5.74, 6) is 1.93. The molecule has 1 heterocycles. The van der Waals surface area contributed by atoms with Crippen LogP contribution in [0.15, 0.2) is 35.1 Å². The van der Waals surface area contributed by atoms with Gasteiger partial charge in [0.2, 0.25) is 0 Å². The number of aryl methyl sites for hydroxylation is 1. The van der Waals surface area contributed by atoms with Crippen molar-refractivity contribution in [2.24, 2.45) is 0 Å². The van der Waals surface area contributed by atoms with Gasteiger partial charge < -0.3 is 34.6 Å². The Bertz CT molecular complexity index is 1010. The van der Waals surface area contributed by atoms with Crippen molar-refractivity contribution in [3.63, 3.8) is 0 Å². The summed E-state index contributed by atoms with van der Waals surface area (Å²) >= 11 is 0. The fourth-order valence-corrected chi connectivity index (χ4v) is 3.13. The third-order valence-electron chi connectivity index (χ3n) is 4.70. The van der Waals surface area contributed by atoms with Crippen molar-refractivity contribution < 1.29 is 19.3 Å². The van der Waals surface area contributed by atoms with Crippen molar-refractivity contribution in [1.82, 2.24) is 15.3 Å². The lowest BCUT2D eigenvalue weighted by Gasteiger charge is -2.14. The molecule has 156 valence electrons. The zero-order chi connectivity index (χ0) is 20.8. The number of aliphatic hydroxyl groups is 1. The molecule has 0 fully saturated rings. The van der Waals surface area contributed by atoms with Gasteiger partial charge in [-0.15, -0.1) is 0 Å². The van der Waals surface area contributed by atoms with E-state index < -0.39 is 6.10 Å². The third-order valence-corrected chi connectivity index (χ3v) is 4.70. The molecule has 0 aliphatic heterocycles. The SMILES string of the molecule is COc1ccc(CCNCC(O)COc2ccc(C)c3[nH]c(=O)[nH]c23)cc1OC. The van der Waals surface area contributed by atoms with Gasteiger partial charge in [-0.05, 0) is 49.2 Å². The second kappa shape index (κ2) is 9.49. The molecule has 0 bridgehead atoms. The average molecular weight is 401 g/mol. The molecule has 3 aromatic rings. The highest BCUT2D eigenvalue weighted by molar-refractivity contribution is 5.84. The summed E-state index contributed by atoms with van der Waals surface area (Å²) in [6.07, 6.45) is 0.110. The van der Waals surface area contributed by atoms with Gasteiger partial charge in [-0.1, -0.05) is 12.1 Å². The van der Waals surface area contributed by atoms with Gasteiger partial charge >= 0.3 is 5.69 Å². The monoisotopic (exact) mass is 401 g/mol. The van der Waals surface area contributed by atoms with Crippen LogP contribution < -0.4 is 25.2 Å². The predicted octanol–water partition coefficient (Wildman–Crippen LogP) is 1.75. The smallest absolute Gasteiger partial charge is 0.323 e. The highest BCUT2D eigenvalue weighted by Gasteiger charge is 2.11. The van der Waals surface area contributed by atoms with E-state index in [2.05, 4.69) is 15.3 Å². The first-order chi connectivity index (χ1) is 14.0. The molecule has 0 aliphatic carbocycles. The van der Waals surface area contributed by atoms with E-state index in [-0.39, 0.29) is 12.3 Å². The number of aromatic amines is 2. The summed E-state index contributed by atoms with van der Waals surface area (Å²) in [5.41, 5.74) is 3.11. The predicted molar refractivity (Wildman–Crippen MR) is 111 cm³/mol. The van der Waals surface area contributed by atoms with Gasteiger partial charge in [-0.2, -0.15) is 0 Å². The van der Waals surface area contributed by atoms with Crippen LogP contribution >= 0.6 is 0 Å². The van der Waals surface area contributed by atoms with Crippen LogP contribution in [0, 0.1) is 6.92 Å². The summed E-state index contributed by atoms with van der Waals surface area (Å²) in [7, 11) is 3.22. The topological polar surface area (TPSA) is 109 Å². The van der Waals surface area contributed by atoms with Crippen molar-refractivity contribution in [2.75, 3.05) is 33.9 Å². The number of imidazole rings is 1. The Morgan fingerprint density at radius 2 is 1.76 bits per heavy atom. The Kier molecular flexibility index (Phi) is 6.79. The first-order valence-electron chi connectivity index (χ1n) is 9.46. The van der Waals surface area contributed by atoms with Gasteiger partial charge in [0, 0.05) is 6.54 Å². The van der Waals surface area contributed by atoms with Crippen LogP contribution in [0.3, 0.4) is 0 Å². The number of H-pyrrole nitrogens is 2. The number of hydrogen-bond donors (Lipinski definition) is 4. The van der Waals surface area contributed by atoms with E-state index in [1.165, 1.54) is 0 Å². The molecule has 1 unspecified atom stereocenters. The number of benzene rings is 2. The van der Waals surface area contributed by atoms with Gasteiger partial charge in [-0.3, -0.25) is 0 Å². The number of nitrogens with one attached hydrogen (secondary N) is 3. The number of fused-ring (bicyclic) bond motifs is 1. The number of hydrogen-bond acceptors (Lipinski definition) is 6. The first-order valence-corrected chi connectivity index (χ1v) is 9.46. The molecule has 1 atom stereocenters. The van der Waals surface area contributed by atoms with E-state index in [0.29, 0.717) is 35.9 Å². The summed E-state index contributed by atoms with van der Waals surface area (Å²) < 4.78 is 16.3. The largest absolute Gasteiger partial charge is 0.493 e. The molecule has 0 aliphatic rings. The maximum atomic E-state index is 11.6. The van der Waals surface area contributed by atoms with Crippen molar-refractivity contribution in [3.8, 4) is 17.2 Å². The van der Waals surface area contributed by atoms with Crippen molar-refractivity contribution in [2.45, 2.75) is 19.4 Å². The minimum absolute atomic E-state index is 0.120. The van der Waals surface area contributed by atoms with Crippen LogP contribution in [0.5, 0.6) is 17.2 Å². The number of aliphatic hydroxyl groups excluding tert-OH is 1. The van der Waals surface area contributed by atoms with E-state index >= 15 is 0 Å². The maximum Gasteiger partial charge on any atom is 0.323 e. The normalized spacial score (nSPS) is 12.1. The van der Waals surface area contributed by atoms with Crippen LogP contribution in [-0.4, -0.2) is 55.1 Å². The summed E-state index contributed by atoms with van der Waals surface area (Å²) in [6.45, 7) is 3.13. The lowest BCUT2D eigenvalue weighted by molar-refractivity contribution is 0.107. The van der Waals surface area contributed by atoms with E-state index in [9.17, 15) is 9.90 Å². The second-order valence-electron chi connectivity index (χ2n) is 6.82. The Labute approximate surface area is 168 Å². The lowest BCUT2D eigenvalue weighted by atomic mass is 10.1. The molecule has 0 radical (unpaired) electrons. The van der Waals surface area contributed by atoms with Crippen LogP contribution in [0.1, 0.15) is 11.1 Å². The zero-order valence-electron chi connectivity index (χ0n) is 16.9. The average Bonchev–Trinajstić information content (AvgIpc) is 3.13. The van der Waals surface area contributed by atoms with Crippen molar-refractivity contribution in [3.05, 3.63) is 51.9 Å². The molecular formula is C21H27N3O5. The molecule has 0 saturated carbocycles. The molecule has 8 heteroatoms. The first kappa shape index (κ1) is 20.8. The van der Waals surface area contributed by atoms with Crippen LogP contribution in [0.2, 0.25) is 0 Å². The fraction of sp³-hybridized carbons (Fsp3) is 0.381. The molecule has 2 aromatic carbocycles. The van der Waals surface area contributed by atoms with Gasteiger partial charge in [-0.25, -0.2) is 4.79 Å². The Morgan fingerprint density at radius 3 is 2.52 bits per heavy atom. The Hall–Kier alpha value is -2.97. The van der Waals surface area contributed by atoms with Crippen LogP contribution in [-0.2, 0) is 6.42 Å². The van der Waals surface area contributed by atoms with Gasteiger partial charge in [0.1, 0.15) is 24.0 Å². The lowest BCUT2D eigenvalue weighted by Crippen LogP contribution is -2.32. The maximum absolute atomic E-state index is 11.6. The Morgan fingerprint density at radius 1 is 1.03 bits per heavy atom. The highest BCUT2D eigenvalue weighted by Crippen LogP contribution is 2.27. The molecule has 8 nitrogen and oxygen atoms in total. The summed E-state index contributed by atoms with van der Waals surface area (Å²) in [6, 6.07) is 9.47. The molecule has 0 spiro atoms. The van der Waals surface area contributed by atoms with Gasteiger partial charge in [0.05, 0.1) is 19.7 Å². The van der Waals surface area contributed by atoms with E-state index in [0.717, 1.165) is 23.1 Å². The molecule has 4 N–H and O–H groups in total. The molecule has 29 heavy (non-hydrogen) atoms. The quantitative estimate of drug-likeness (QED) is 0.386. The zero-order valence-corrected chi connectivity index (χ0v) is 16.9. The van der Waals surface area contributed by atoms with Crippen molar-refractivity contribution >= 4 is 11.0 Å². The minimum Gasteiger partial charge on any atom is -0.493 e. The standard InChI is InChI=1S/C21H27N3O5/c1-13-4-6-17(20-19(13)23-21(26)24-20)29-12-15(25)11-22-9-8-14-5-7-16(27-2)18(10-14)28-3/h4-7,10,15,22,25H,8-9,11-12H2,1-3H3,(H2,23,24,26). The number of rotatable bonds is 10. The van der Waals surface area contributed by atoms with Gasteiger partial charge in [0.15, 0.2) is 11.5 Å². The van der Waals surface area contributed by atoms with E-state index in [4.69, 9.17) is 14.2 Å². The molecular weight excluding hydrogens is 374 g/mol. The number of ether oxygens (including phenoxy) is 3. The number of methoxy groups -OCH3 is 2. The van der Waals surface area contributed by atoms with Gasteiger partial charge in [0.25, 0.3) is 0 Å². The molecule has 0 amide bonds. The highest BCUT2D eigenvalue weighted by atomic mass is 16.5. The Balaban J connectivity index is 1.46. The van der Waals surface area contributed by atoms with Crippen molar-refractivity contribution in [1.29, 1.82) is 0 Å². The second-order valence-corrected chi connectivity index (χ2v) is 6.82. The van der Waals surface area contributed by atoms with Crippen LogP contribution in [0.25, 0.3) is 11.0 Å². The van der Waals surface area contributed by atoms with E-state index in [1.54, 1.807) is 20.3 Å². The third kappa shape index (κ3) is 5.10. The number of aromatic nitrogens is 2. The molecule has 1 aromatic heterocycles. The molecule has 0 saturated heterocycles.